The highest BCUT2D eigenvalue weighted by atomic mass is 16.5. The van der Waals surface area contributed by atoms with Gasteiger partial charge in [0, 0.05) is 18.4 Å². The minimum absolute atomic E-state index is 0.131. The molecule has 2 rings (SSSR count). The van der Waals surface area contributed by atoms with E-state index in [9.17, 15) is 9.59 Å². The molecule has 0 spiro atoms. The lowest BCUT2D eigenvalue weighted by molar-refractivity contribution is -0.149. The van der Waals surface area contributed by atoms with Gasteiger partial charge < -0.3 is 4.74 Å². The second-order valence-corrected chi connectivity index (χ2v) is 4.41. The number of hydrogen-bond donors (Lipinski definition) is 0. The summed E-state index contributed by atoms with van der Waals surface area (Å²) in [7, 11) is 0. The smallest absolute Gasteiger partial charge is 0.306 e. The van der Waals surface area contributed by atoms with Gasteiger partial charge in [-0.1, -0.05) is 30.3 Å². The molecular weight excluding hydrogens is 216 g/mol. The van der Waals surface area contributed by atoms with E-state index in [0.717, 1.165) is 18.4 Å². The SMILES string of the molecule is O=C1C[C@H](CCC(=O)c2ccccc2)CCO1. The van der Waals surface area contributed by atoms with Crippen LogP contribution in [0, 0.1) is 5.92 Å². The normalized spacial score (nSPS) is 19.8. The van der Waals surface area contributed by atoms with Crippen LogP contribution in [-0.4, -0.2) is 18.4 Å². The second-order valence-electron chi connectivity index (χ2n) is 4.41. The van der Waals surface area contributed by atoms with Gasteiger partial charge in [-0.05, 0) is 18.8 Å². The monoisotopic (exact) mass is 232 g/mol. The Morgan fingerprint density at radius 2 is 2.06 bits per heavy atom. The molecule has 17 heavy (non-hydrogen) atoms. The van der Waals surface area contributed by atoms with Crippen molar-refractivity contribution in [3.05, 3.63) is 35.9 Å². The van der Waals surface area contributed by atoms with E-state index in [-0.39, 0.29) is 11.8 Å². The molecule has 90 valence electrons. The van der Waals surface area contributed by atoms with Crippen molar-refractivity contribution < 1.29 is 14.3 Å². The molecule has 1 atom stereocenters. The molecule has 0 saturated carbocycles. The Bertz CT molecular complexity index is 397. The topological polar surface area (TPSA) is 43.4 Å². The van der Waals surface area contributed by atoms with Crippen LogP contribution in [0.3, 0.4) is 0 Å². The van der Waals surface area contributed by atoms with E-state index < -0.39 is 0 Å². The summed E-state index contributed by atoms with van der Waals surface area (Å²) in [5.41, 5.74) is 0.755. The summed E-state index contributed by atoms with van der Waals surface area (Å²) in [4.78, 5) is 22.9. The average molecular weight is 232 g/mol. The van der Waals surface area contributed by atoms with E-state index in [0.29, 0.717) is 25.4 Å². The number of hydrogen-bond acceptors (Lipinski definition) is 3. The number of benzene rings is 1. The summed E-state index contributed by atoms with van der Waals surface area (Å²) in [6.45, 7) is 0.503. The van der Waals surface area contributed by atoms with Crippen LogP contribution in [0.1, 0.15) is 36.0 Å². The molecule has 1 aliphatic heterocycles. The molecule has 0 amide bonds. The quantitative estimate of drug-likeness (QED) is 0.592. The zero-order valence-electron chi connectivity index (χ0n) is 9.72. The Balaban J connectivity index is 1.82. The molecule has 1 aliphatic rings. The molecule has 0 aromatic heterocycles. The van der Waals surface area contributed by atoms with Gasteiger partial charge >= 0.3 is 5.97 Å². The van der Waals surface area contributed by atoms with Crippen LogP contribution >= 0.6 is 0 Å². The molecule has 0 aliphatic carbocycles. The Morgan fingerprint density at radius 1 is 1.29 bits per heavy atom. The highest BCUT2D eigenvalue weighted by Crippen LogP contribution is 2.21. The number of esters is 1. The van der Waals surface area contributed by atoms with Gasteiger partial charge in [0.25, 0.3) is 0 Å². The predicted octanol–water partition coefficient (Wildman–Crippen LogP) is 2.60. The highest BCUT2D eigenvalue weighted by Gasteiger charge is 2.21. The van der Waals surface area contributed by atoms with Gasteiger partial charge in [-0.25, -0.2) is 0 Å². The fraction of sp³-hybridized carbons (Fsp3) is 0.429. The Kier molecular flexibility index (Phi) is 3.91. The van der Waals surface area contributed by atoms with E-state index >= 15 is 0 Å². The molecule has 0 unspecified atom stereocenters. The first kappa shape index (κ1) is 11.8. The number of cyclic esters (lactones) is 1. The number of rotatable bonds is 4. The Hall–Kier alpha value is -1.64. The summed E-state index contributed by atoms with van der Waals surface area (Å²) in [5, 5.41) is 0. The lowest BCUT2D eigenvalue weighted by Gasteiger charge is -2.20. The van der Waals surface area contributed by atoms with Gasteiger partial charge in [-0.3, -0.25) is 9.59 Å². The van der Waals surface area contributed by atoms with Crippen LogP contribution in [0.5, 0.6) is 0 Å². The maximum absolute atomic E-state index is 11.9. The second kappa shape index (κ2) is 5.62. The zero-order chi connectivity index (χ0) is 12.1. The van der Waals surface area contributed by atoms with Gasteiger partial charge in [-0.15, -0.1) is 0 Å². The van der Waals surface area contributed by atoms with E-state index in [1.165, 1.54) is 0 Å². The first-order valence-corrected chi connectivity index (χ1v) is 5.99. The number of ketones is 1. The zero-order valence-corrected chi connectivity index (χ0v) is 9.72. The van der Waals surface area contributed by atoms with Crippen molar-refractivity contribution in [2.24, 2.45) is 5.92 Å². The van der Waals surface area contributed by atoms with Crippen molar-refractivity contribution in [1.29, 1.82) is 0 Å². The van der Waals surface area contributed by atoms with E-state index in [4.69, 9.17) is 4.74 Å². The van der Waals surface area contributed by atoms with Crippen LogP contribution in [0.2, 0.25) is 0 Å². The van der Waals surface area contributed by atoms with Crippen LogP contribution in [0.15, 0.2) is 30.3 Å². The maximum Gasteiger partial charge on any atom is 0.306 e. The van der Waals surface area contributed by atoms with Crippen molar-refractivity contribution in [2.75, 3.05) is 6.61 Å². The van der Waals surface area contributed by atoms with Crippen LogP contribution in [0.4, 0.5) is 0 Å². The molecular formula is C14H16O3. The largest absolute Gasteiger partial charge is 0.466 e. The van der Waals surface area contributed by atoms with Crippen LogP contribution in [0.25, 0.3) is 0 Å². The molecule has 1 saturated heterocycles. The average Bonchev–Trinajstić information content (AvgIpc) is 2.37. The third-order valence-electron chi connectivity index (χ3n) is 3.12. The minimum atomic E-state index is -0.131. The summed E-state index contributed by atoms with van der Waals surface area (Å²) < 4.78 is 4.88. The summed E-state index contributed by atoms with van der Waals surface area (Å²) in [6, 6.07) is 9.29. The number of carbonyl (C=O) groups is 2. The predicted molar refractivity (Wildman–Crippen MR) is 63.7 cm³/mol. The van der Waals surface area contributed by atoms with Crippen molar-refractivity contribution in [3.63, 3.8) is 0 Å². The first-order valence-electron chi connectivity index (χ1n) is 5.99. The lowest BCUT2D eigenvalue weighted by Crippen LogP contribution is -2.21. The first-order chi connectivity index (χ1) is 8.25. The number of Topliss-reactive ketones (excluding diaryl/α,β-unsaturated/α-hetero) is 1. The molecule has 0 N–H and O–H groups in total. The number of carbonyl (C=O) groups excluding carboxylic acids is 2. The fourth-order valence-electron chi connectivity index (χ4n) is 2.09. The Labute approximate surface area is 101 Å². The summed E-state index contributed by atoms with van der Waals surface area (Å²) >= 11 is 0. The molecule has 3 heteroatoms. The standard InChI is InChI=1S/C14H16O3/c15-13(12-4-2-1-3-5-12)7-6-11-8-9-17-14(16)10-11/h1-5,11H,6-10H2/t11-/m1/s1. The molecule has 1 fully saturated rings. The fourth-order valence-corrected chi connectivity index (χ4v) is 2.09. The molecule has 1 aromatic rings. The number of ether oxygens (including phenoxy) is 1. The van der Waals surface area contributed by atoms with E-state index in [1.54, 1.807) is 0 Å². The Morgan fingerprint density at radius 3 is 2.76 bits per heavy atom. The van der Waals surface area contributed by atoms with Crippen LogP contribution in [-0.2, 0) is 9.53 Å². The molecule has 0 bridgehead atoms. The third-order valence-corrected chi connectivity index (χ3v) is 3.12. The van der Waals surface area contributed by atoms with Gasteiger partial charge in [0.1, 0.15) is 0 Å². The summed E-state index contributed by atoms with van der Waals surface area (Å²) in [6.07, 6.45) is 2.64. The van der Waals surface area contributed by atoms with Crippen molar-refractivity contribution in [1.82, 2.24) is 0 Å². The van der Waals surface area contributed by atoms with Gasteiger partial charge in [0.2, 0.25) is 0 Å². The lowest BCUT2D eigenvalue weighted by atomic mass is 9.92. The molecule has 1 aromatic carbocycles. The van der Waals surface area contributed by atoms with E-state index in [2.05, 4.69) is 0 Å². The molecule has 0 radical (unpaired) electrons. The van der Waals surface area contributed by atoms with Crippen molar-refractivity contribution in [3.8, 4) is 0 Å². The van der Waals surface area contributed by atoms with Gasteiger partial charge in [-0.2, -0.15) is 0 Å². The van der Waals surface area contributed by atoms with Crippen molar-refractivity contribution >= 4 is 11.8 Å². The highest BCUT2D eigenvalue weighted by molar-refractivity contribution is 5.95. The third kappa shape index (κ3) is 3.41. The maximum atomic E-state index is 11.9. The molecule has 1 heterocycles. The van der Waals surface area contributed by atoms with Crippen molar-refractivity contribution in [2.45, 2.75) is 25.7 Å². The molecule has 3 nitrogen and oxygen atoms in total. The van der Waals surface area contributed by atoms with Gasteiger partial charge in [0.05, 0.1) is 6.61 Å². The minimum Gasteiger partial charge on any atom is -0.466 e. The van der Waals surface area contributed by atoms with E-state index in [1.807, 2.05) is 30.3 Å². The van der Waals surface area contributed by atoms with Crippen LogP contribution < -0.4 is 0 Å². The van der Waals surface area contributed by atoms with Gasteiger partial charge in [0.15, 0.2) is 5.78 Å². The summed E-state index contributed by atoms with van der Waals surface area (Å²) in [5.74, 6) is 0.335.